The molecule has 0 aliphatic carbocycles. The molecule has 2 aromatic rings. The molecule has 0 fully saturated rings. The van der Waals surface area contributed by atoms with E-state index >= 15 is 0 Å². The van der Waals surface area contributed by atoms with Crippen molar-refractivity contribution in [2.75, 3.05) is 6.54 Å². The Morgan fingerprint density at radius 2 is 2.16 bits per heavy atom. The summed E-state index contributed by atoms with van der Waals surface area (Å²) in [5.74, 6) is 0.634. The molecule has 7 heteroatoms. The molecule has 19 heavy (non-hydrogen) atoms. The zero-order valence-corrected chi connectivity index (χ0v) is 11.5. The average molecular weight is 283 g/mol. The van der Waals surface area contributed by atoms with Crippen LogP contribution in [0.25, 0.3) is 11.1 Å². The fourth-order valence-electron chi connectivity index (χ4n) is 1.69. The first-order valence-corrected chi connectivity index (χ1v) is 7.41. The lowest BCUT2D eigenvalue weighted by molar-refractivity contribution is 0.459. The summed E-state index contributed by atoms with van der Waals surface area (Å²) >= 11 is 0. The monoisotopic (exact) mass is 283 g/mol. The molecule has 2 rings (SSSR count). The number of thiol groups is 1. The summed E-state index contributed by atoms with van der Waals surface area (Å²) < 4.78 is 27.2. The summed E-state index contributed by atoms with van der Waals surface area (Å²) in [5.41, 5.74) is 7.23. The van der Waals surface area contributed by atoms with Gasteiger partial charge >= 0.3 is 0 Å². The SMILES string of the molecule is CCC(NNCCc1nc2ccccc2o1)[SH](=O)=O. The van der Waals surface area contributed by atoms with Crippen molar-refractivity contribution in [2.45, 2.75) is 25.1 Å². The molecule has 0 aliphatic rings. The molecule has 1 atom stereocenters. The predicted octanol–water partition coefficient (Wildman–Crippen LogP) is 0.812. The molecule has 6 nitrogen and oxygen atoms in total. The van der Waals surface area contributed by atoms with Gasteiger partial charge in [-0.2, -0.15) is 0 Å². The summed E-state index contributed by atoms with van der Waals surface area (Å²) in [4.78, 5) is 4.33. The van der Waals surface area contributed by atoms with Crippen LogP contribution >= 0.6 is 0 Å². The molecule has 1 aromatic carbocycles. The van der Waals surface area contributed by atoms with E-state index in [9.17, 15) is 8.42 Å². The topological polar surface area (TPSA) is 84.2 Å². The standard InChI is InChI=1S/C12H17N3O3S/c1-2-12(19(16)17)15-13-8-7-11-14-9-5-3-4-6-10(9)18-11/h3-6,12-13,15,19H,2,7-8H2,1H3. The van der Waals surface area contributed by atoms with E-state index in [1.807, 2.05) is 31.2 Å². The van der Waals surface area contributed by atoms with Gasteiger partial charge in [-0.25, -0.2) is 18.8 Å². The maximum Gasteiger partial charge on any atom is 0.196 e. The van der Waals surface area contributed by atoms with E-state index in [1.54, 1.807) is 0 Å². The number of hydrazine groups is 1. The van der Waals surface area contributed by atoms with Crippen LogP contribution in [-0.2, 0) is 17.1 Å². The number of para-hydroxylation sites is 2. The molecule has 104 valence electrons. The second-order valence-electron chi connectivity index (χ2n) is 4.11. The van der Waals surface area contributed by atoms with E-state index in [2.05, 4.69) is 15.8 Å². The van der Waals surface area contributed by atoms with Crippen molar-refractivity contribution in [1.29, 1.82) is 0 Å². The van der Waals surface area contributed by atoms with E-state index in [-0.39, 0.29) is 0 Å². The van der Waals surface area contributed by atoms with Gasteiger partial charge in [-0.1, -0.05) is 19.1 Å². The van der Waals surface area contributed by atoms with Crippen LogP contribution in [0.4, 0.5) is 0 Å². The zero-order valence-electron chi connectivity index (χ0n) is 10.6. The minimum absolute atomic E-state index is 0.522. The Bertz CT molecular complexity index is 568. The van der Waals surface area contributed by atoms with Gasteiger partial charge in [0.05, 0.1) is 0 Å². The zero-order chi connectivity index (χ0) is 13.7. The van der Waals surface area contributed by atoms with Gasteiger partial charge in [0.2, 0.25) is 0 Å². The maximum atomic E-state index is 10.8. The second-order valence-corrected chi connectivity index (χ2v) is 5.30. The fraction of sp³-hybridized carbons (Fsp3) is 0.417. The Hall–Kier alpha value is -1.44. The largest absolute Gasteiger partial charge is 0.441 e. The summed E-state index contributed by atoms with van der Waals surface area (Å²) in [6.07, 6.45) is 1.11. The van der Waals surface area contributed by atoms with Crippen molar-refractivity contribution in [2.24, 2.45) is 0 Å². The van der Waals surface area contributed by atoms with Gasteiger partial charge in [0.15, 0.2) is 22.2 Å². The van der Waals surface area contributed by atoms with Crippen LogP contribution in [0.1, 0.15) is 19.2 Å². The van der Waals surface area contributed by atoms with Gasteiger partial charge in [-0.15, -0.1) is 0 Å². The molecule has 0 spiro atoms. The van der Waals surface area contributed by atoms with Crippen LogP contribution in [0.5, 0.6) is 0 Å². The van der Waals surface area contributed by atoms with E-state index in [4.69, 9.17) is 4.42 Å². The first-order chi connectivity index (χ1) is 9.20. The smallest absolute Gasteiger partial charge is 0.196 e. The molecule has 0 radical (unpaired) electrons. The first kappa shape index (κ1) is 14.0. The highest BCUT2D eigenvalue weighted by molar-refractivity contribution is 7.73. The molecule has 2 N–H and O–H groups in total. The van der Waals surface area contributed by atoms with Crippen LogP contribution in [0.15, 0.2) is 28.7 Å². The Kier molecular flexibility index (Phi) is 4.89. The highest BCUT2D eigenvalue weighted by atomic mass is 32.2. The van der Waals surface area contributed by atoms with Crippen molar-refractivity contribution in [1.82, 2.24) is 15.8 Å². The summed E-state index contributed by atoms with van der Waals surface area (Å²) in [7, 11) is -2.46. The van der Waals surface area contributed by atoms with Crippen molar-refractivity contribution >= 4 is 21.8 Å². The quantitative estimate of drug-likeness (QED) is 0.396. The number of hydrogen-bond acceptors (Lipinski definition) is 6. The van der Waals surface area contributed by atoms with E-state index < -0.39 is 16.1 Å². The Morgan fingerprint density at radius 3 is 2.84 bits per heavy atom. The summed E-state index contributed by atoms with van der Waals surface area (Å²) in [5, 5.41) is -0.543. The molecular weight excluding hydrogens is 266 g/mol. The number of oxazole rings is 1. The van der Waals surface area contributed by atoms with E-state index in [0.29, 0.717) is 25.3 Å². The molecule has 0 amide bonds. The highest BCUT2D eigenvalue weighted by Gasteiger charge is 2.08. The lowest BCUT2D eigenvalue weighted by Crippen LogP contribution is -2.42. The normalized spacial score (nSPS) is 13.2. The number of benzene rings is 1. The number of aromatic nitrogens is 1. The summed E-state index contributed by atoms with van der Waals surface area (Å²) in [6.45, 7) is 2.36. The van der Waals surface area contributed by atoms with Crippen molar-refractivity contribution in [3.8, 4) is 0 Å². The highest BCUT2D eigenvalue weighted by Crippen LogP contribution is 2.14. The van der Waals surface area contributed by atoms with Crippen molar-refractivity contribution in [3.05, 3.63) is 30.2 Å². The lowest BCUT2D eigenvalue weighted by atomic mass is 10.3. The number of nitrogens with zero attached hydrogens (tertiary/aromatic N) is 1. The molecule has 0 saturated heterocycles. The van der Waals surface area contributed by atoms with Crippen LogP contribution in [0.3, 0.4) is 0 Å². The Labute approximate surface area is 113 Å². The third kappa shape index (κ3) is 3.76. The molecule has 1 heterocycles. The van der Waals surface area contributed by atoms with E-state index in [1.165, 1.54) is 0 Å². The third-order valence-electron chi connectivity index (χ3n) is 2.71. The van der Waals surface area contributed by atoms with Gasteiger partial charge in [0.1, 0.15) is 10.9 Å². The Balaban J connectivity index is 1.82. The third-order valence-corrected chi connectivity index (χ3v) is 3.72. The minimum Gasteiger partial charge on any atom is -0.441 e. The predicted molar refractivity (Wildman–Crippen MR) is 73.2 cm³/mol. The van der Waals surface area contributed by atoms with Gasteiger partial charge in [-0.3, -0.25) is 5.43 Å². The number of nitrogens with one attached hydrogen (secondary N) is 2. The van der Waals surface area contributed by atoms with Gasteiger partial charge in [0, 0.05) is 13.0 Å². The maximum absolute atomic E-state index is 10.8. The molecule has 1 aromatic heterocycles. The number of hydrogen-bond donors (Lipinski definition) is 3. The lowest BCUT2D eigenvalue weighted by Gasteiger charge is -2.10. The Morgan fingerprint density at radius 1 is 1.37 bits per heavy atom. The van der Waals surface area contributed by atoms with Gasteiger partial charge < -0.3 is 4.42 Å². The average Bonchev–Trinajstić information content (AvgIpc) is 2.81. The van der Waals surface area contributed by atoms with Crippen molar-refractivity contribution < 1.29 is 12.8 Å². The molecule has 0 aliphatic heterocycles. The molecule has 0 saturated carbocycles. The number of fused-ring (bicyclic) bond motifs is 1. The molecular formula is C12H17N3O3S. The minimum atomic E-state index is -2.46. The van der Waals surface area contributed by atoms with E-state index in [0.717, 1.165) is 11.1 Å². The van der Waals surface area contributed by atoms with Crippen molar-refractivity contribution in [3.63, 3.8) is 0 Å². The molecule has 0 bridgehead atoms. The van der Waals surface area contributed by atoms with Crippen LogP contribution in [0.2, 0.25) is 0 Å². The van der Waals surface area contributed by atoms with Crippen LogP contribution in [0, 0.1) is 0 Å². The van der Waals surface area contributed by atoms with Gasteiger partial charge in [0.25, 0.3) is 0 Å². The molecule has 1 unspecified atom stereocenters. The van der Waals surface area contributed by atoms with Gasteiger partial charge in [-0.05, 0) is 18.6 Å². The fourth-order valence-corrected chi connectivity index (χ4v) is 2.18. The summed E-state index contributed by atoms with van der Waals surface area (Å²) in [6, 6.07) is 7.56. The number of rotatable bonds is 7. The van der Waals surface area contributed by atoms with Crippen LogP contribution in [-0.4, -0.2) is 25.3 Å². The second kappa shape index (κ2) is 6.65. The first-order valence-electron chi connectivity index (χ1n) is 6.17. The van der Waals surface area contributed by atoms with Crippen LogP contribution < -0.4 is 10.9 Å².